The Bertz CT molecular complexity index is 981. The number of hydrogen-bond acceptors (Lipinski definition) is 4. The summed E-state index contributed by atoms with van der Waals surface area (Å²) in [4.78, 5) is 13.1. The molecule has 24 heavy (non-hydrogen) atoms. The first kappa shape index (κ1) is 15.6. The molecule has 0 bridgehead atoms. The van der Waals surface area contributed by atoms with Gasteiger partial charge < -0.3 is 10.6 Å². The average molecular weight is 418 g/mol. The van der Waals surface area contributed by atoms with Crippen LogP contribution in [0, 0.1) is 3.95 Å². The van der Waals surface area contributed by atoms with Crippen LogP contribution in [0.1, 0.15) is 21.4 Å². The van der Waals surface area contributed by atoms with Crippen LogP contribution in [-0.4, -0.2) is 10.5 Å². The monoisotopic (exact) mass is 417 g/mol. The first-order chi connectivity index (χ1) is 11.6. The standard InChI is InChI=1S/C17H12BrN3OS2/c18-11-6-4-5-10(9-11)14-19-15-13(16(22)20-14)24-17(23)21(15)12-7-2-1-3-8-12/h1-9,14,19H,(H,20,22)/t14-/m1/s1. The first-order valence-corrected chi connectivity index (χ1v) is 9.29. The molecule has 1 aliphatic heterocycles. The molecule has 120 valence electrons. The zero-order valence-electron chi connectivity index (χ0n) is 12.3. The maximum Gasteiger partial charge on any atom is 0.267 e. The van der Waals surface area contributed by atoms with E-state index in [-0.39, 0.29) is 12.1 Å². The number of amides is 1. The maximum absolute atomic E-state index is 12.5. The molecule has 0 saturated carbocycles. The molecule has 1 aliphatic rings. The Morgan fingerprint density at radius 1 is 1.08 bits per heavy atom. The molecule has 1 aromatic heterocycles. The molecular weight excluding hydrogens is 406 g/mol. The predicted molar refractivity (Wildman–Crippen MR) is 102 cm³/mol. The first-order valence-electron chi connectivity index (χ1n) is 7.27. The number of para-hydroxylation sites is 1. The molecule has 4 nitrogen and oxygen atoms in total. The number of nitrogens with zero attached hydrogens (tertiary/aromatic N) is 1. The number of rotatable bonds is 2. The van der Waals surface area contributed by atoms with Crippen molar-refractivity contribution in [2.24, 2.45) is 0 Å². The largest absolute Gasteiger partial charge is 0.346 e. The predicted octanol–water partition coefficient (Wildman–Crippen LogP) is 4.88. The normalized spacial score (nSPS) is 16.2. The Kier molecular flexibility index (Phi) is 3.99. The summed E-state index contributed by atoms with van der Waals surface area (Å²) in [7, 11) is 0. The van der Waals surface area contributed by atoms with Crippen LogP contribution in [0.5, 0.6) is 0 Å². The highest BCUT2D eigenvalue weighted by Gasteiger charge is 2.29. The van der Waals surface area contributed by atoms with Crippen LogP contribution >= 0.6 is 39.5 Å². The summed E-state index contributed by atoms with van der Waals surface area (Å²) in [5, 5.41) is 6.40. The molecule has 1 amide bonds. The number of halogens is 1. The fourth-order valence-electron chi connectivity index (χ4n) is 2.69. The minimum atomic E-state index is -0.304. The number of carbonyl (C=O) groups is 1. The van der Waals surface area contributed by atoms with Gasteiger partial charge in [0.2, 0.25) is 0 Å². The zero-order valence-corrected chi connectivity index (χ0v) is 15.5. The van der Waals surface area contributed by atoms with Crippen LogP contribution in [0.15, 0.2) is 59.1 Å². The summed E-state index contributed by atoms with van der Waals surface area (Å²) in [6.07, 6.45) is -0.304. The van der Waals surface area contributed by atoms with Crippen molar-refractivity contribution in [2.45, 2.75) is 6.17 Å². The lowest BCUT2D eigenvalue weighted by Gasteiger charge is -2.27. The average Bonchev–Trinajstić information content (AvgIpc) is 2.92. The Balaban J connectivity index is 1.82. The zero-order chi connectivity index (χ0) is 16.7. The second kappa shape index (κ2) is 6.16. The number of fused-ring (bicyclic) bond motifs is 1. The molecule has 0 aliphatic carbocycles. The van der Waals surface area contributed by atoms with E-state index in [1.807, 2.05) is 59.2 Å². The Hall–Kier alpha value is -1.96. The molecular formula is C17H12BrN3OS2. The van der Waals surface area contributed by atoms with E-state index >= 15 is 0 Å². The molecule has 2 N–H and O–H groups in total. The lowest BCUT2D eigenvalue weighted by molar-refractivity contribution is 0.0939. The van der Waals surface area contributed by atoms with E-state index in [2.05, 4.69) is 26.6 Å². The van der Waals surface area contributed by atoms with E-state index in [9.17, 15) is 4.79 Å². The van der Waals surface area contributed by atoms with E-state index in [0.29, 0.717) is 8.83 Å². The molecule has 2 heterocycles. The number of hydrogen-bond donors (Lipinski definition) is 2. The molecule has 0 fully saturated rings. The molecule has 0 saturated heterocycles. The third kappa shape index (κ3) is 2.68. The van der Waals surface area contributed by atoms with Crippen molar-refractivity contribution in [2.75, 3.05) is 5.32 Å². The van der Waals surface area contributed by atoms with Gasteiger partial charge in [0.1, 0.15) is 16.9 Å². The summed E-state index contributed by atoms with van der Waals surface area (Å²) < 4.78 is 3.52. The summed E-state index contributed by atoms with van der Waals surface area (Å²) in [6.45, 7) is 0. The molecule has 7 heteroatoms. The van der Waals surface area contributed by atoms with E-state index < -0.39 is 0 Å². The third-order valence-corrected chi connectivity index (χ3v) is 5.64. The molecule has 3 aromatic rings. The fraction of sp³-hybridized carbons (Fsp3) is 0.0588. The molecule has 1 atom stereocenters. The van der Waals surface area contributed by atoms with Gasteiger partial charge in [-0.3, -0.25) is 9.36 Å². The van der Waals surface area contributed by atoms with Gasteiger partial charge in [-0.25, -0.2) is 0 Å². The number of anilines is 1. The Morgan fingerprint density at radius 3 is 2.62 bits per heavy atom. The smallest absolute Gasteiger partial charge is 0.267 e. The molecule has 0 spiro atoms. The molecule has 2 aromatic carbocycles. The van der Waals surface area contributed by atoms with Gasteiger partial charge in [-0.1, -0.05) is 57.6 Å². The van der Waals surface area contributed by atoms with Gasteiger partial charge in [0.15, 0.2) is 3.95 Å². The van der Waals surface area contributed by atoms with Crippen LogP contribution in [0.2, 0.25) is 0 Å². The summed E-state index contributed by atoms with van der Waals surface area (Å²) >= 11 is 10.3. The van der Waals surface area contributed by atoms with E-state index in [0.717, 1.165) is 21.5 Å². The van der Waals surface area contributed by atoms with Crippen molar-refractivity contribution >= 4 is 51.2 Å². The lowest BCUT2D eigenvalue weighted by Crippen LogP contribution is -2.38. The minimum Gasteiger partial charge on any atom is -0.346 e. The maximum atomic E-state index is 12.5. The summed E-state index contributed by atoms with van der Waals surface area (Å²) in [5.74, 6) is 0.629. The number of benzene rings is 2. The lowest BCUT2D eigenvalue weighted by atomic mass is 10.1. The van der Waals surface area contributed by atoms with Crippen LogP contribution < -0.4 is 10.6 Å². The van der Waals surface area contributed by atoms with Gasteiger partial charge in [-0.15, -0.1) is 0 Å². The van der Waals surface area contributed by atoms with Gasteiger partial charge >= 0.3 is 0 Å². The highest BCUT2D eigenvalue weighted by atomic mass is 79.9. The van der Waals surface area contributed by atoms with E-state index in [1.165, 1.54) is 11.3 Å². The quantitative estimate of drug-likeness (QED) is 0.583. The van der Waals surface area contributed by atoms with Gasteiger partial charge in [-0.05, 0) is 42.0 Å². The van der Waals surface area contributed by atoms with E-state index in [4.69, 9.17) is 12.2 Å². The number of thiazole rings is 1. The minimum absolute atomic E-state index is 0.112. The SMILES string of the molecule is O=C1N[C@H](c2cccc(Br)c2)Nc2c1sc(=S)n2-c1ccccc1. The summed E-state index contributed by atoms with van der Waals surface area (Å²) in [5.41, 5.74) is 1.91. The van der Waals surface area contributed by atoms with Crippen molar-refractivity contribution in [1.82, 2.24) is 9.88 Å². The topological polar surface area (TPSA) is 46.1 Å². The van der Waals surface area contributed by atoms with Crippen molar-refractivity contribution in [3.05, 3.63) is 73.5 Å². The molecule has 0 radical (unpaired) electrons. The molecule has 0 unspecified atom stereocenters. The Labute approximate surface area is 156 Å². The van der Waals surface area contributed by atoms with E-state index in [1.54, 1.807) is 0 Å². The second-order valence-electron chi connectivity index (χ2n) is 5.32. The van der Waals surface area contributed by atoms with Crippen molar-refractivity contribution in [1.29, 1.82) is 0 Å². The highest BCUT2D eigenvalue weighted by molar-refractivity contribution is 9.10. The van der Waals surface area contributed by atoms with Crippen molar-refractivity contribution < 1.29 is 4.79 Å². The van der Waals surface area contributed by atoms with Crippen LogP contribution in [0.25, 0.3) is 5.69 Å². The van der Waals surface area contributed by atoms with Gasteiger partial charge in [0.05, 0.1) is 0 Å². The van der Waals surface area contributed by atoms with Crippen LogP contribution in [0.3, 0.4) is 0 Å². The number of aromatic nitrogens is 1. The number of nitrogens with one attached hydrogen (secondary N) is 2. The fourth-order valence-corrected chi connectivity index (χ4v) is 4.42. The van der Waals surface area contributed by atoms with Crippen molar-refractivity contribution in [3.8, 4) is 5.69 Å². The van der Waals surface area contributed by atoms with Gasteiger partial charge in [0, 0.05) is 10.2 Å². The van der Waals surface area contributed by atoms with Crippen LogP contribution in [0.4, 0.5) is 5.82 Å². The second-order valence-corrected chi connectivity index (χ2v) is 7.88. The Morgan fingerprint density at radius 2 is 1.88 bits per heavy atom. The highest BCUT2D eigenvalue weighted by Crippen LogP contribution is 2.34. The summed E-state index contributed by atoms with van der Waals surface area (Å²) in [6, 6.07) is 17.7. The van der Waals surface area contributed by atoms with Gasteiger partial charge in [0.25, 0.3) is 5.91 Å². The van der Waals surface area contributed by atoms with Crippen LogP contribution in [-0.2, 0) is 0 Å². The molecule has 4 rings (SSSR count). The third-order valence-electron chi connectivity index (χ3n) is 3.77. The van der Waals surface area contributed by atoms with Gasteiger partial charge in [-0.2, -0.15) is 0 Å². The van der Waals surface area contributed by atoms with Crippen molar-refractivity contribution in [3.63, 3.8) is 0 Å². The number of carbonyl (C=O) groups excluding carboxylic acids is 1.